The number of hydrogen-bond acceptors (Lipinski definition) is 7. The molecule has 10 heteroatoms. The van der Waals surface area contributed by atoms with Gasteiger partial charge in [0.2, 0.25) is 11.9 Å². The summed E-state index contributed by atoms with van der Waals surface area (Å²) in [4.78, 5) is 22.8. The van der Waals surface area contributed by atoms with Crippen molar-refractivity contribution in [2.45, 2.75) is 4.90 Å². The topological polar surface area (TPSA) is 140 Å². The minimum absolute atomic E-state index is 0.00607. The monoisotopic (exact) mass is 370 g/mol. The van der Waals surface area contributed by atoms with Gasteiger partial charge < -0.3 is 11.1 Å². The smallest absolute Gasteiger partial charge is 0.264 e. The largest absolute Gasteiger partial charge is 0.366 e. The summed E-state index contributed by atoms with van der Waals surface area (Å²) in [7, 11) is -3.79. The van der Waals surface area contributed by atoms with Gasteiger partial charge in [0.05, 0.1) is 10.5 Å². The number of sulfonamides is 1. The van der Waals surface area contributed by atoms with Crippen LogP contribution in [0.3, 0.4) is 0 Å². The molecule has 0 fully saturated rings. The van der Waals surface area contributed by atoms with Crippen LogP contribution in [0.4, 0.5) is 17.5 Å². The van der Waals surface area contributed by atoms with Gasteiger partial charge in [-0.1, -0.05) is 0 Å². The molecule has 0 atom stereocenters. The van der Waals surface area contributed by atoms with Crippen LogP contribution in [0.15, 0.2) is 66.0 Å². The molecule has 0 saturated carbocycles. The molecule has 1 aromatic carbocycles. The van der Waals surface area contributed by atoms with Crippen molar-refractivity contribution in [3.8, 4) is 0 Å². The first-order valence-electron chi connectivity index (χ1n) is 7.37. The van der Waals surface area contributed by atoms with E-state index in [2.05, 4.69) is 25.0 Å². The van der Waals surface area contributed by atoms with Gasteiger partial charge in [-0.2, -0.15) is 0 Å². The quantitative estimate of drug-likeness (QED) is 0.597. The number of nitrogens with two attached hydrogens (primary N) is 1. The predicted octanol–water partition coefficient (Wildman–Crippen LogP) is 1.51. The third-order valence-electron chi connectivity index (χ3n) is 3.28. The van der Waals surface area contributed by atoms with Gasteiger partial charge in [-0.25, -0.2) is 28.1 Å². The van der Waals surface area contributed by atoms with E-state index in [0.29, 0.717) is 17.1 Å². The highest BCUT2D eigenvalue weighted by Crippen LogP contribution is 2.19. The van der Waals surface area contributed by atoms with E-state index in [4.69, 9.17) is 5.73 Å². The maximum atomic E-state index is 12.3. The number of benzene rings is 1. The Morgan fingerprint density at radius 1 is 0.962 bits per heavy atom. The number of primary amides is 1. The summed E-state index contributed by atoms with van der Waals surface area (Å²) in [5.74, 6) is -0.0802. The Hall–Kier alpha value is -3.53. The molecular weight excluding hydrogens is 356 g/mol. The van der Waals surface area contributed by atoms with E-state index in [0.717, 1.165) is 0 Å². The van der Waals surface area contributed by atoms with Crippen LogP contribution in [0.2, 0.25) is 0 Å². The summed E-state index contributed by atoms with van der Waals surface area (Å²) in [6, 6.07) is 10.8. The Labute approximate surface area is 149 Å². The first-order valence-corrected chi connectivity index (χ1v) is 8.85. The van der Waals surface area contributed by atoms with Crippen LogP contribution in [-0.4, -0.2) is 29.3 Å². The lowest BCUT2D eigenvalue weighted by Crippen LogP contribution is -2.14. The van der Waals surface area contributed by atoms with Gasteiger partial charge in [0.25, 0.3) is 10.0 Å². The highest BCUT2D eigenvalue weighted by atomic mass is 32.2. The van der Waals surface area contributed by atoms with E-state index in [-0.39, 0.29) is 10.8 Å². The van der Waals surface area contributed by atoms with E-state index in [1.54, 1.807) is 30.3 Å². The van der Waals surface area contributed by atoms with E-state index in [9.17, 15) is 13.2 Å². The molecule has 26 heavy (non-hydrogen) atoms. The van der Waals surface area contributed by atoms with Crippen molar-refractivity contribution in [2.75, 3.05) is 10.0 Å². The lowest BCUT2D eigenvalue weighted by atomic mass is 10.2. The molecule has 0 aliphatic rings. The van der Waals surface area contributed by atoms with Gasteiger partial charge in [0.15, 0.2) is 0 Å². The normalized spacial score (nSPS) is 10.9. The van der Waals surface area contributed by atoms with E-state index >= 15 is 0 Å². The molecule has 0 spiro atoms. The minimum atomic E-state index is -3.79. The highest BCUT2D eigenvalue weighted by Gasteiger charge is 2.15. The van der Waals surface area contributed by atoms with Crippen LogP contribution >= 0.6 is 0 Å². The number of carbonyl (C=O) groups excluding carboxylic acids is 1. The molecule has 0 unspecified atom stereocenters. The lowest BCUT2D eigenvalue weighted by Gasteiger charge is -2.09. The van der Waals surface area contributed by atoms with E-state index in [1.165, 1.54) is 30.7 Å². The predicted molar refractivity (Wildman–Crippen MR) is 95.3 cm³/mol. The van der Waals surface area contributed by atoms with Crippen LogP contribution in [-0.2, 0) is 10.0 Å². The van der Waals surface area contributed by atoms with Crippen molar-refractivity contribution < 1.29 is 13.2 Å². The number of nitrogens with one attached hydrogen (secondary N) is 2. The maximum absolute atomic E-state index is 12.3. The number of pyridine rings is 1. The third-order valence-corrected chi connectivity index (χ3v) is 4.62. The summed E-state index contributed by atoms with van der Waals surface area (Å²) >= 11 is 0. The highest BCUT2D eigenvalue weighted by molar-refractivity contribution is 7.92. The van der Waals surface area contributed by atoms with Crippen LogP contribution in [0.1, 0.15) is 10.4 Å². The average Bonchev–Trinajstić information content (AvgIpc) is 2.63. The van der Waals surface area contributed by atoms with Crippen molar-refractivity contribution in [2.24, 2.45) is 5.73 Å². The number of hydrogen-bond donors (Lipinski definition) is 3. The molecule has 9 nitrogen and oxygen atoms in total. The Morgan fingerprint density at radius 2 is 1.65 bits per heavy atom. The molecule has 3 aromatic rings. The van der Waals surface area contributed by atoms with Crippen LogP contribution in [0.25, 0.3) is 0 Å². The third kappa shape index (κ3) is 4.11. The summed E-state index contributed by atoms with van der Waals surface area (Å²) in [6.45, 7) is 0. The molecule has 3 rings (SSSR count). The molecule has 2 heterocycles. The molecule has 0 bridgehead atoms. The van der Waals surface area contributed by atoms with Gasteiger partial charge >= 0.3 is 0 Å². The zero-order chi connectivity index (χ0) is 18.6. The van der Waals surface area contributed by atoms with Gasteiger partial charge in [-0.3, -0.25) is 4.79 Å². The fraction of sp³-hybridized carbons (Fsp3) is 0. The Bertz CT molecular complexity index is 1010. The molecule has 1 amide bonds. The van der Waals surface area contributed by atoms with Crippen molar-refractivity contribution in [1.29, 1.82) is 0 Å². The number of nitrogens with zero attached hydrogens (tertiary/aromatic N) is 3. The zero-order valence-electron chi connectivity index (χ0n) is 13.3. The summed E-state index contributed by atoms with van der Waals surface area (Å²) in [6.07, 6.45) is 4.23. The maximum Gasteiger partial charge on any atom is 0.264 e. The van der Waals surface area contributed by atoms with Crippen LogP contribution in [0, 0.1) is 0 Å². The van der Waals surface area contributed by atoms with Gasteiger partial charge in [0.1, 0.15) is 5.82 Å². The van der Waals surface area contributed by atoms with E-state index in [1.807, 2.05) is 0 Å². The summed E-state index contributed by atoms with van der Waals surface area (Å²) < 4.78 is 26.9. The van der Waals surface area contributed by atoms with Gasteiger partial charge in [-0.15, -0.1) is 0 Å². The second-order valence-electron chi connectivity index (χ2n) is 5.12. The fourth-order valence-electron chi connectivity index (χ4n) is 2.01. The molecule has 0 aliphatic heterocycles. The lowest BCUT2D eigenvalue weighted by molar-refractivity contribution is 0.1000. The molecule has 132 valence electrons. The number of rotatable bonds is 6. The van der Waals surface area contributed by atoms with Crippen LogP contribution < -0.4 is 15.8 Å². The first-order chi connectivity index (χ1) is 12.4. The van der Waals surface area contributed by atoms with Crippen molar-refractivity contribution in [3.63, 3.8) is 0 Å². The standard InChI is InChI=1S/C16H14N6O3S/c17-15(23)11-2-7-14(20-10-11)21-12-3-5-13(6-4-12)26(24,25)22-16-18-8-1-9-19-16/h1-10H,(H2,17,23)(H,20,21)(H,18,19,22). The first kappa shape index (κ1) is 17.3. The Kier molecular flexibility index (Phi) is 4.76. The van der Waals surface area contributed by atoms with Crippen molar-refractivity contribution in [1.82, 2.24) is 15.0 Å². The molecule has 2 aromatic heterocycles. The SMILES string of the molecule is NC(=O)c1ccc(Nc2ccc(S(=O)(=O)Nc3ncccn3)cc2)nc1. The summed E-state index contributed by atoms with van der Waals surface area (Å²) in [5, 5.41) is 3.00. The second kappa shape index (κ2) is 7.15. The number of carbonyl (C=O) groups is 1. The van der Waals surface area contributed by atoms with Crippen molar-refractivity contribution in [3.05, 3.63) is 66.6 Å². The molecule has 4 N–H and O–H groups in total. The second-order valence-corrected chi connectivity index (χ2v) is 6.81. The fourth-order valence-corrected chi connectivity index (χ4v) is 2.97. The van der Waals surface area contributed by atoms with Crippen LogP contribution in [0.5, 0.6) is 0 Å². The van der Waals surface area contributed by atoms with E-state index < -0.39 is 15.9 Å². The minimum Gasteiger partial charge on any atom is -0.366 e. The Balaban J connectivity index is 1.72. The molecule has 0 saturated heterocycles. The zero-order valence-corrected chi connectivity index (χ0v) is 14.1. The Morgan fingerprint density at radius 3 is 2.23 bits per heavy atom. The van der Waals surface area contributed by atoms with Gasteiger partial charge in [0, 0.05) is 24.3 Å². The molecular formula is C16H14N6O3S. The average molecular weight is 370 g/mol. The number of aromatic nitrogens is 3. The van der Waals surface area contributed by atoms with Crippen molar-refractivity contribution >= 4 is 33.4 Å². The number of anilines is 3. The van der Waals surface area contributed by atoms with Gasteiger partial charge in [-0.05, 0) is 42.5 Å². The molecule has 0 radical (unpaired) electrons. The summed E-state index contributed by atoms with van der Waals surface area (Å²) in [5.41, 5.74) is 6.08. The molecule has 0 aliphatic carbocycles. The number of amides is 1.